The van der Waals surface area contributed by atoms with E-state index in [0.717, 1.165) is 24.2 Å². The number of hydrogen-bond donors (Lipinski definition) is 0. The van der Waals surface area contributed by atoms with Crippen LogP contribution in [0.5, 0.6) is 0 Å². The SMILES string of the molecule is CC(=O)c1ccc(N2CC(C#N)CC2(C)C)cc1. The first-order valence-electron chi connectivity index (χ1n) is 6.22. The molecule has 94 valence electrons. The molecule has 1 atom stereocenters. The highest BCUT2D eigenvalue weighted by Gasteiger charge is 2.38. The van der Waals surface area contributed by atoms with E-state index in [2.05, 4.69) is 24.8 Å². The summed E-state index contributed by atoms with van der Waals surface area (Å²) in [5.74, 6) is 0.171. The van der Waals surface area contributed by atoms with Gasteiger partial charge < -0.3 is 4.90 Å². The van der Waals surface area contributed by atoms with Gasteiger partial charge in [-0.2, -0.15) is 5.26 Å². The second-order valence-corrected chi connectivity index (χ2v) is 5.56. The van der Waals surface area contributed by atoms with Crippen LogP contribution in [-0.4, -0.2) is 17.9 Å². The Bertz CT molecular complexity index is 496. The maximum Gasteiger partial charge on any atom is 0.159 e. The molecule has 1 aliphatic heterocycles. The zero-order valence-corrected chi connectivity index (χ0v) is 11.1. The lowest BCUT2D eigenvalue weighted by atomic mass is 9.97. The second-order valence-electron chi connectivity index (χ2n) is 5.56. The second kappa shape index (κ2) is 4.45. The van der Waals surface area contributed by atoms with Gasteiger partial charge in [-0.15, -0.1) is 0 Å². The van der Waals surface area contributed by atoms with Crippen LogP contribution in [0.25, 0.3) is 0 Å². The highest BCUT2D eigenvalue weighted by atomic mass is 16.1. The fourth-order valence-electron chi connectivity index (χ4n) is 2.66. The smallest absolute Gasteiger partial charge is 0.159 e. The summed E-state index contributed by atoms with van der Waals surface area (Å²) in [7, 11) is 0. The number of hydrogen-bond acceptors (Lipinski definition) is 3. The van der Waals surface area contributed by atoms with Crippen molar-refractivity contribution >= 4 is 11.5 Å². The third-order valence-corrected chi connectivity index (χ3v) is 3.65. The van der Waals surface area contributed by atoms with E-state index in [-0.39, 0.29) is 17.2 Å². The maximum absolute atomic E-state index is 11.2. The Morgan fingerprint density at radius 3 is 2.44 bits per heavy atom. The quantitative estimate of drug-likeness (QED) is 0.749. The van der Waals surface area contributed by atoms with E-state index < -0.39 is 0 Å². The standard InChI is InChI=1S/C15H18N2O/c1-11(18)13-4-6-14(7-5-13)17-10-12(9-16)8-15(17,2)3/h4-7,12H,8,10H2,1-3H3. The van der Waals surface area contributed by atoms with Crippen LogP contribution < -0.4 is 4.90 Å². The first-order valence-corrected chi connectivity index (χ1v) is 6.22. The van der Waals surface area contributed by atoms with Crippen LogP contribution >= 0.6 is 0 Å². The van der Waals surface area contributed by atoms with Gasteiger partial charge in [0.1, 0.15) is 0 Å². The van der Waals surface area contributed by atoms with Gasteiger partial charge in [-0.1, -0.05) is 0 Å². The van der Waals surface area contributed by atoms with E-state index in [1.54, 1.807) is 6.92 Å². The van der Waals surface area contributed by atoms with Gasteiger partial charge in [0.05, 0.1) is 12.0 Å². The molecule has 2 rings (SSSR count). The monoisotopic (exact) mass is 242 g/mol. The normalized spacial score (nSPS) is 21.7. The summed E-state index contributed by atoms with van der Waals surface area (Å²) in [6.07, 6.45) is 0.887. The molecule has 0 radical (unpaired) electrons. The highest BCUT2D eigenvalue weighted by molar-refractivity contribution is 5.94. The van der Waals surface area contributed by atoms with Crippen LogP contribution in [-0.2, 0) is 0 Å². The summed E-state index contributed by atoms with van der Waals surface area (Å²) in [4.78, 5) is 13.5. The molecule has 18 heavy (non-hydrogen) atoms. The van der Waals surface area contributed by atoms with Crippen LogP contribution in [0.2, 0.25) is 0 Å². The Kier molecular flexibility index (Phi) is 3.13. The predicted molar refractivity (Wildman–Crippen MR) is 71.6 cm³/mol. The number of benzene rings is 1. The number of nitriles is 1. The molecule has 1 aromatic rings. The molecule has 3 nitrogen and oxygen atoms in total. The summed E-state index contributed by atoms with van der Waals surface area (Å²) in [5.41, 5.74) is 1.81. The maximum atomic E-state index is 11.2. The lowest BCUT2D eigenvalue weighted by molar-refractivity contribution is 0.101. The largest absolute Gasteiger partial charge is 0.365 e. The van der Waals surface area contributed by atoms with E-state index >= 15 is 0 Å². The van der Waals surface area contributed by atoms with Crippen LogP contribution in [0, 0.1) is 17.2 Å². The first-order chi connectivity index (χ1) is 8.44. The van der Waals surface area contributed by atoms with Gasteiger partial charge in [0.15, 0.2) is 5.78 Å². The van der Waals surface area contributed by atoms with Gasteiger partial charge >= 0.3 is 0 Å². The lowest BCUT2D eigenvalue weighted by Crippen LogP contribution is -2.38. The Morgan fingerprint density at radius 2 is 2.00 bits per heavy atom. The van der Waals surface area contributed by atoms with E-state index in [1.165, 1.54) is 0 Å². The molecule has 1 fully saturated rings. The van der Waals surface area contributed by atoms with Crippen molar-refractivity contribution in [2.24, 2.45) is 5.92 Å². The van der Waals surface area contributed by atoms with Crippen molar-refractivity contribution in [3.8, 4) is 6.07 Å². The topological polar surface area (TPSA) is 44.1 Å². The lowest BCUT2D eigenvalue weighted by Gasteiger charge is -2.33. The molecule has 1 heterocycles. The molecule has 1 saturated heterocycles. The van der Waals surface area contributed by atoms with Crippen LogP contribution in [0.1, 0.15) is 37.6 Å². The molecule has 0 saturated carbocycles. The summed E-state index contributed by atoms with van der Waals surface area (Å²) in [5, 5.41) is 9.06. The summed E-state index contributed by atoms with van der Waals surface area (Å²) in [6, 6.07) is 10.0. The molecule has 3 heteroatoms. The van der Waals surface area contributed by atoms with Gasteiger partial charge in [0.25, 0.3) is 0 Å². The van der Waals surface area contributed by atoms with Gasteiger partial charge in [-0.3, -0.25) is 4.79 Å². The summed E-state index contributed by atoms with van der Waals surface area (Å²) >= 11 is 0. The minimum Gasteiger partial charge on any atom is -0.365 e. The molecule has 0 bridgehead atoms. The zero-order valence-electron chi connectivity index (χ0n) is 11.1. The Hall–Kier alpha value is -1.82. The van der Waals surface area contributed by atoms with Crippen molar-refractivity contribution < 1.29 is 4.79 Å². The Morgan fingerprint density at radius 1 is 1.39 bits per heavy atom. The average Bonchev–Trinajstić information content (AvgIpc) is 2.64. The van der Waals surface area contributed by atoms with E-state index in [4.69, 9.17) is 5.26 Å². The fourth-order valence-corrected chi connectivity index (χ4v) is 2.66. The minimum absolute atomic E-state index is 0.00185. The number of nitrogens with zero attached hydrogens (tertiary/aromatic N) is 2. The van der Waals surface area contributed by atoms with Crippen molar-refractivity contribution in [1.82, 2.24) is 0 Å². The molecule has 0 aliphatic carbocycles. The third kappa shape index (κ3) is 2.24. The molecule has 1 unspecified atom stereocenters. The Labute approximate surface area is 108 Å². The number of ketones is 1. The molecule has 0 spiro atoms. The van der Waals surface area contributed by atoms with Gasteiger partial charge in [0.2, 0.25) is 0 Å². The third-order valence-electron chi connectivity index (χ3n) is 3.65. The number of carbonyl (C=O) groups excluding carboxylic acids is 1. The molecule has 0 aromatic heterocycles. The van der Waals surface area contributed by atoms with Crippen LogP contribution in [0.15, 0.2) is 24.3 Å². The molecule has 1 aromatic carbocycles. The minimum atomic E-state index is -0.00185. The highest BCUT2D eigenvalue weighted by Crippen LogP contribution is 2.36. The van der Waals surface area contributed by atoms with Gasteiger partial charge in [-0.25, -0.2) is 0 Å². The average molecular weight is 242 g/mol. The predicted octanol–water partition coefficient (Wildman–Crippen LogP) is 3.02. The zero-order chi connectivity index (χ0) is 13.3. The molecule has 0 N–H and O–H groups in total. The number of anilines is 1. The fraction of sp³-hybridized carbons (Fsp3) is 0.467. The molecule has 1 aliphatic rings. The van der Waals surface area contributed by atoms with E-state index in [1.807, 2.05) is 24.3 Å². The van der Waals surface area contributed by atoms with Gasteiger partial charge in [-0.05, 0) is 51.5 Å². The molecule has 0 amide bonds. The van der Waals surface area contributed by atoms with Crippen LogP contribution in [0.4, 0.5) is 5.69 Å². The molecular formula is C15H18N2O. The Balaban J connectivity index is 2.27. The van der Waals surface area contributed by atoms with E-state index in [0.29, 0.717) is 0 Å². The van der Waals surface area contributed by atoms with Crippen molar-refractivity contribution in [2.45, 2.75) is 32.7 Å². The van der Waals surface area contributed by atoms with Crippen molar-refractivity contribution in [2.75, 3.05) is 11.4 Å². The van der Waals surface area contributed by atoms with Crippen molar-refractivity contribution in [1.29, 1.82) is 5.26 Å². The number of carbonyl (C=O) groups is 1. The number of rotatable bonds is 2. The van der Waals surface area contributed by atoms with Crippen molar-refractivity contribution in [3.63, 3.8) is 0 Å². The van der Waals surface area contributed by atoms with Crippen molar-refractivity contribution in [3.05, 3.63) is 29.8 Å². The van der Waals surface area contributed by atoms with Crippen LogP contribution in [0.3, 0.4) is 0 Å². The number of Topliss-reactive ketones (excluding diaryl/α,β-unsaturated/α-hetero) is 1. The first kappa shape index (κ1) is 12.6. The van der Waals surface area contributed by atoms with Gasteiger partial charge in [0, 0.05) is 23.3 Å². The summed E-state index contributed by atoms with van der Waals surface area (Å²) in [6.45, 7) is 6.65. The molecular weight excluding hydrogens is 224 g/mol. The van der Waals surface area contributed by atoms with E-state index in [9.17, 15) is 4.79 Å². The summed E-state index contributed by atoms with van der Waals surface area (Å²) < 4.78 is 0.